The highest BCUT2D eigenvalue weighted by Gasteiger charge is 2.11. The first kappa shape index (κ1) is 16.5. The molecule has 0 atom stereocenters. The molecule has 2 aromatic carbocycles. The Morgan fingerprint density at radius 2 is 1.83 bits per heavy atom. The van der Waals surface area contributed by atoms with Crippen LogP contribution in [0.1, 0.15) is 22.8 Å². The van der Waals surface area contributed by atoms with Crippen LogP contribution in [0.5, 0.6) is 17.2 Å². The predicted molar refractivity (Wildman–Crippen MR) is 85.3 cm³/mol. The zero-order valence-electron chi connectivity index (χ0n) is 13.3. The molecule has 2 aromatic rings. The van der Waals surface area contributed by atoms with Gasteiger partial charge >= 0.3 is 5.97 Å². The summed E-state index contributed by atoms with van der Waals surface area (Å²) in [7, 11) is 1.51. The fourth-order valence-electron chi connectivity index (χ4n) is 1.96. The minimum absolute atomic E-state index is 0.0672. The lowest BCUT2D eigenvalue weighted by molar-refractivity contribution is -0.136. The Labute approximate surface area is 134 Å². The van der Waals surface area contributed by atoms with Gasteiger partial charge in [-0.2, -0.15) is 0 Å². The molecule has 0 amide bonds. The van der Waals surface area contributed by atoms with E-state index in [1.54, 1.807) is 36.4 Å². The highest BCUT2D eigenvalue weighted by atomic mass is 16.6. The second-order valence-corrected chi connectivity index (χ2v) is 5.00. The first-order chi connectivity index (χ1) is 11.0. The molecule has 0 spiro atoms. The van der Waals surface area contributed by atoms with Crippen LogP contribution in [0.2, 0.25) is 0 Å². The van der Waals surface area contributed by atoms with Gasteiger partial charge in [0.25, 0.3) is 0 Å². The summed E-state index contributed by atoms with van der Waals surface area (Å²) in [6.45, 7) is 3.12. The van der Waals surface area contributed by atoms with Gasteiger partial charge in [-0.05, 0) is 43.7 Å². The van der Waals surface area contributed by atoms with Crippen molar-refractivity contribution in [1.82, 2.24) is 0 Å². The summed E-state index contributed by atoms with van der Waals surface area (Å²) in [5.41, 5.74) is 1.52. The maximum absolute atomic E-state index is 11.9. The molecule has 120 valence electrons. The Kier molecular flexibility index (Phi) is 5.36. The number of benzene rings is 2. The van der Waals surface area contributed by atoms with Crippen LogP contribution in [0, 0.1) is 6.92 Å². The van der Waals surface area contributed by atoms with E-state index in [1.165, 1.54) is 14.0 Å². The van der Waals surface area contributed by atoms with Crippen LogP contribution >= 0.6 is 0 Å². The van der Waals surface area contributed by atoms with Crippen molar-refractivity contribution in [2.45, 2.75) is 13.8 Å². The summed E-state index contributed by atoms with van der Waals surface area (Å²) in [6.07, 6.45) is 0. The van der Waals surface area contributed by atoms with Crippen molar-refractivity contribution in [3.05, 3.63) is 53.6 Å². The molecule has 23 heavy (non-hydrogen) atoms. The van der Waals surface area contributed by atoms with E-state index in [0.29, 0.717) is 22.8 Å². The molecule has 0 aromatic heterocycles. The minimum atomic E-state index is -0.555. The first-order valence-electron chi connectivity index (χ1n) is 7.08. The number of ketones is 1. The highest BCUT2D eigenvalue weighted by molar-refractivity contribution is 5.94. The van der Waals surface area contributed by atoms with E-state index in [9.17, 15) is 9.59 Å². The van der Waals surface area contributed by atoms with Crippen LogP contribution in [0.4, 0.5) is 0 Å². The molecule has 0 heterocycles. The number of Topliss-reactive ketones (excluding diaryl/α,β-unsaturated/α-hetero) is 1. The third kappa shape index (κ3) is 4.57. The zero-order chi connectivity index (χ0) is 16.8. The highest BCUT2D eigenvalue weighted by Crippen LogP contribution is 2.27. The summed E-state index contributed by atoms with van der Waals surface area (Å²) in [5.74, 6) is 0.634. The van der Waals surface area contributed by atoms with Crippen molar-refractivity contribution in [3.63, 3.8) is 0 Å². The van der Waals surface area contributed by atoms with E-state index in [1.807, 2.05) is 13.0 Å². The van der Waals surface area contributed by atoms with Crippen molar-refractivity contribution < 1.29 is 23.8 Å². The molecule has 0 aliphatic rings. The maximum Gasteiger partial charge on any atom is 0.349 e. The fraction of sp³-hybridized carbons (Fsp3) is 0.222. The molecular weight excluding hydrogens is 296 g/mol. The molecule has 0 N–H and O–H groups in total. The van der Waals surface area contributed by atoms with Gasteiger partial charge < -0.3 is 14.2 Å². The van der Waals surface area contributed by atoms with Gasteiger partial charge in [-0.3, -0.25) is 4.79 Å². The maximum atomic E-state index is 11.9. The molecular formula is C18H18O5. The number of methoxy groups -OCH3 is 1. The summed E-state index contributed by atoms with van der Waals surface area (Å²) in [6, 6.07) is 11.9. The van der Waals surface area contributed by atoms with E-state index >= 15 is 0 Å². The van der Waals surface area contributed by atoms with Gasteiger partial charge in [0.1, 0.15) is 5.75 Å². The monoisotopic (exact) mass is 314 g/mol. The lowest BCUT2D eigenvalue weighted by Gasteiger charge is -2.10. The van der Waals surface area contributed by atoms with E-state index in [-0.39, 0.29) is 12.4 Å². The Balaban J connectivity index is 1.98. The van der Waals surface area contributed by atoms with E-state index in [0.717, 1.165) is 5.56 Å². The van der Waals surface area contributed by atoms with Crippen molar-refractivity contribution in [1.29, 1.82) is 0 Å². The molecule has 0 saturated heterocycles. The average Bonchev–Trinajstić information content (AvgIpc) is 2.54. The second-order valence-electron chi connectivity index (χ2n) is 5.00. The van der Waals surface area contributed by atoms with Crippen molar-refractivity contribution in [3.8, 4) is 17.2 Å². The molecule has 0 fully saturated rings. The van der Waals surface area contributed by atoms with Gasteiger partial charge in [-0.25, -0.2) is 4.79 Å². The molecule has 5 nitrogen and oxygen atoms in total. The first-order valence-corrected chi connectivity index (χ1v) is 7.08. The Morgan fingerprint density at radius 1 is 1.04 bits per heavy atom. The molecule has 0 radical (unpaired) electrons. The van der Waals surface area contributed by atoms with Crippen LogP contribution in [0.25, 0.3) is 0 Å². The molecule has 0 aliphatic heterocycles. The van der Waals surface area contributed by atoms with Gasteiger partial charge in [-0.15, -0.1) is 0 Å². The number of hydrogen-bond donors (Lipinski definition) is 0. The van der Waals surface area contributed by atoms with E-state index in [2.05, 4.69) is 0 Å². The molecule has 0 bridgehead atoms. The van der Waals surface area contributed by atoms with Crippen LogP contribution in [-0.4, -0.2) is 25.5 Å². The average molecular weight is 314 g/mol. The second kappa shape index (κ2) is 7.45. The molecule has 2 rings (SSSR count). The number of carbonyl (C=O) groups is 2. The zero-order valence-corrected chi connectivity index (χ0v) is 13.3. The lowest BCUT2D eigenvalue weighted by atomic mass is 10.1. The topological polar surface area (TPSA) is 61.8 Å². The number of hydrogen-bond acceptors (Lipinski definition) is 5. The normalized spacial score (nSPS) is 10.0. The van der Waals surface area contributed by atoms with E-state index < -0.39 is 5.97 Å². The largest absolute Gasteiger partial charge is 0.493 e. The van der Waals surface area contributed by atoms with Crippen LogP contribution in [-0.2, 0) is 4.79 Å². The van der Waals surface area contributed by atoms with Gasteiger partial charge in [0, 0.05) is 5.56 Å². The van der Waals surface area contributed by atoms with Crippen LogP contribution in [0.3, 0.4) is 0 Å². The van der Waals surface area contributed by atoms with Gasteiger partial charge in [0.05, 0.1) is 7.11 Å². The summed E-state index contributed by atoms with van der Waals surface area (Å²) < 4.78 is 15.8. The summed E-state index contributed by atoms with van der Waals surface area (Å²) in [5, 5.41) is 0. The van der Waals surface area contributed by atoms with Crippen molar-refractivity contribution in [2.24, 2.45) is 0 Å². The van der Waals surface area contributed by atoms with Crippen molar-refractivity contribution >= 4 is 11.8 Å². The number of esters is 1. The van der Waals surface area contributed by atoms with Crippen LogP contribution < -0.4 is 14.2 Å². The lowest BCUT2D eigenvalue weighted by Crippen LogP contribution is -2.18. The third-order valence-electron chi connectivity index (χ3n) is 3.14. The molecule has 5 heteroatoms. The fourth-order valence-corrected chi connectivity index (χ4v) is 1.96. The number of carbonyl (C=O) groups excluding carboxylic acids is 2. The smallest absolute Gasteiger partial charge is 0.349 e. The third-order valence-corrected chi connectivity index (χ3v) is 3.14. The molecule has 0 saturated carbocycles. The summed E-state index contributed by atoms with van der Waals surface area (Å²) in [4.78, 5) is 23.2. The molecule has 0 aliphatic carbocycles. The predicted octanol–water partition coefficient (Wildman–Crippen LogP) is 3.19. The summed E-state index contributed by atoms with van der Waals surface area (Å²) >= 11 is 0. The van der Waals surface area contributed by atoms with Gasteiger partial charge in [0.15, 0.2) is 23.9 Å². The Hall–Kier alpha value is -2.82. The van der Waals surface area contributed by atoms with Gasteiger partial charge in [-0.1, -0.05) is 18.2 Å². The van der Waals surface area contributed by atoms with E-state index in [4.69, 9.17) is 14.2 Å². The SMILES string of the molecule is COc1cc(C)ccc1OC(=O)COc1cccc(C(C)=O)c1. The standard InChI is InChI=1S/C18H18O5/c1-12-7-8-16(17(9-12)21-3)23-18(20)11-22-15-6-4-5-14(10-15)13(2)19/h4-10H,11H2,1-3H3. The van der Waals surface area contributed by atoms with Crippen molar-refractivity contribution in [2.75, 3.05) is 13.7 Å². The Morgan fingerprint density at radius 3 is 2.52 bits per heavy atom. The quantitative estimate of drug-likeness (QED) is 0.465. The number of aryl methyl sites for hydroxylation is 1. The molecule has 0 unspecified atom stereocenters. The number of rotatable bonds is 6. The number of ether oxygens (including phenoxy) is 3. The van der Waals surface area contributed by atoms with Gasteiger partial charge in [0.2, 0.25) is 0 Å². The van der Waals surface area contributed by atoms with Crippen LogP contribution in [0.15, 0.2) is 42.5 Å². The minimum Gasteiger partial charge on any atom is -0.493 e. The Bertz CT molecular complexity index is 721.